The highest BCUT2D eigenvalue weighted by Gasteiger charge is 2.16. The third-order valence-electron chi connectivity index (χ3n) is 4.05. The van der Waals surface area contributed by atoms with Gasteiger partial charge in [0, 0.05) is 17.6 Å². The molecule has 0 spiro atoms. The number of nitrogens with zero attached hydrogens (tertiary/aromatic N) is 1. The summed E-state index contributed by atoms with van der Waals surface area (Å²) in [6, 6.07) is 14.9. The standard InChI is InChI=1S/C19H19BrN2O2/c20-17-3-1-2-4-18(17)21-19(24)13-22-11-9-15(10-12-22)14-5-7-16(23)8-6-14/h1-9,23H,10-13H2,(H,21,24). The molecule has 4 nitrogen and oxygen atoms in total. The first-order chi connectivity index (χ1) is 11.6. The molecular weight excluding hydrogens is 368 g/mol. The van der Waals surface area contributed by atoms with Crippen molar-refractivity contribution in [1.82, 2.24) is 4.90 Å². The lowest BCUT2D eigenvalue weighted by Crippen LogP contribution is -2.36. The average Bonchev–Trinajstić information content (AvgIpc) is 2.58. The Hall–Kier alpha value is -2.11. The number of anilines is 1. The number of hydrogen-bond donors (Lipinski definition) is 2. The quantitative estimate of drug-likeness (QED) is 0.837. The van der Waals surface area contributed by atoms with Gasteiger partial charge in [-0.1, -0.05) is 30.3 Å². The van der Waals surface area contributed by atoms with Crippen molar-refractivity contribution in [1.29, 1.82) is 0 Å². The van der Waals surface area contributed by atoms with Crippen LogP contribution in [-0.2, 0) is 4.79 Å². The van der Waals surface area contributed by atoms with Crippen LogP contribution in [0.1, 0.15) is 12.0 Å². The lowest BCUT2D eigenvalue weighted by Gasteiger charge is -2.26. The molecule has 124 valence electrons. The highest BCUT2D eigenvalue weighted by molar-refractivity contribution is 9.10. The topological polar surface area (TPSA) is 52.6 Å². The zero-order valence-corrected chi connectivity index (χ0v) is 14.8. The molecule has 1 heterocycles. The molecule has 2 aromatic rings. The second-order valence-electron chi connectivity index (χ2n) is 5.79. The molecule has 2 aromatic carbocycles. The number of rotatable bonds is 4. The number of carbonyl (C=O) groups excluding carboxylic acids is 1. The molecule has 0 aliphatic carbocycles. The number of halogens is 1. The highest BCUT2D eigenvalue weighted by Crippen LogP contribution is 2.24. The van der Waals surface area contributed by atoms with Gasteiger partial charge in [-0.2, -0.15) is 0 Å². The molecule has 5 heteroatoms. The Morgan fingerprint density at radius 1 is 1.17 bits per heavy atom. The van der Waals surface area contributed by atoms with Crippen LogP contribution in [0.15, 0.2) is 59.1 Å². The Balaban J connectivity index is 1.56. The van der Waals surface area contributed by atoms with E-state index in [0.29, 0.717) is 6.54 Å². The Labute approximate surface area is 149 Å². The first-order valence-corrected chi connectivity index (χ1v) is 8.66. The van der Waals surface area contributed by atoms with Crippen molar-refractivity contribution in [2.24, 2.45) is 0 Å². The van der Waals surface area contributed by atoms with Crippen LogP contribution in [0.2, 0.25) is 0 Å². The van der Waals surface area contributed by atoms with Gasteiger partial charge in [-0.25, -0.2) is 0 Å². The first-order valence-electron chi connectivity index (χ1n) is 7.87. The summed E-state index contributed by atoms with van der Waals surface area (Å²) in [6.45, 7) is 1.97. The number of phenols is 1. The zero-order valence-electron chi connectivity index (χ0n) is 13.2. The normalized spacial score (nSPS) is 15.0. The minimum atomic E-state index is -0.0108. The SMILES string of the molecule is O=C(CN1CC=C(c2ccc(O)cc2)CC1)Nc1ccccc1Br. The number of amides is 1. The third-order valence-corrected chi connectivity index (χ3v) is 4.74. The fourth-order valence-corrected chi connectivity index (χ4v) is 3.13. The van der Waals surface area contributed by atoms with Gasteiger partial charge in [0.15, 0.2) is 0 Å². The Bertz CT molecular complexity index is 756. The van der Waals surface area contributed by atoms with Crippen molar-refractivity contribution in [2.75, 3.05) is 25.0 Å². The van der Waals surface area contributed by atoms with Gasteiger partial charge in [-0.15, -0.1) is 0 Å². The van der Waals surface area contributed by atoms with Crippen LogP contribution >= 0.6 is 15.9 Å². The monoisotopic (exact) mass is 386 g/mol. The van der Waals surface area contributed by atoms with Gasteiger partial charge in [0.2, 0.25) is 5.91 Å². The molecule has 1 aliphatic heterocycles. The zero-order chi connectivity index (χ0) is 16.9. The van der Waals surface area contributed by atoms with Gasteiger partial charge in [-0.05, 0) is 57.8 Å². The van der Waals surface area contributed by atoms with E-state index in [4.69, 9.17) is 0 Å². The molecular formula is C19H19BrN2O2. The van der Waals surface area contributed by atoms with Crippen molar-refractivity contribution < 1.29 is 9.90 Å². The van der Waals surface area contributed by atoms with Crippen molar-refractivity contribution >= 4 is 33.1 Å². The Morgan fingerprint density at radius 3 is 2.58 bits per heavy atom. The molecule has 0 bridgehead atoms. The summed E-state index contributed by atoms with van der Waals surface area (Å²) < 4.78 is 0.881. The maximum Gasteiger partial charge on any atom is 0.238 e. The lowest BCUT2D eigenvalue weighted by molar-refractivity contribution is -0.117. The summed E-state index contributed by atoms with van der Waals surface area (Å²) in [6.07, 6.45) is 3.05. The molecule has 0 aromatic heterocycles. The lowest BCUT2D eigenvalue weighted by atomic mass is 9.99. The highest BCUT2D eigenvalue weighted by atomic mass is 79.9. The van der Waals surface area contributed by atoms with E-state index >= 15 is 0 Å². The largest absolute Gasteiger partial charge is 0.508 e. The fourth-order valence-electron chi connectivity index (χ4n) is 2.75. The predicted octanol–water partition coefficient (Wildman–Crippen LogP) is 3.88. The first kappa shape index (κ1) is 16.7. The van der Waals surface area contributed by atoms with E-state index in [9.17, 15) is 9.90 Å². The summed E-state index contributed by atoms with van der Waals surface area (Å²) >= 11 is 3.43. The Morgan fingerprint density at radius 2 is 1.92 bits per heavy atom. The molecule has 0 fully saturated rings. The summed E-state index contributed by atoms with van der Waals surface area (Å²) in [4.78, 5) is 14.3. The number of carbonyl (C=O) groups is 1. The number of hydrogen-bond acceptors (Lipinski definition) is 3. The van der Waals surface area contributed by atoms with Crippen LogP contribution in [0.25, 0.3) is 5.57 Å². The van der Waals surface area contributed by atoms with E-state index in [1.165, 1.54) is 5.57 Å². The van der Waals surface area contributed by atoms with Gasteiger partial charge in [0.1, 0.15) is 5.75 Å². The molecule has 0 saturated carbocycles. The van der Waals surface area contributed by atoms with Crippen molar-refractivity contribution in [3.05, 3.63) is 64.6 Å². The smallest absolute Gasteiger partial charge is 0.238 e. The molecule has 0 saturated heterocycles. The minimum absolute atomic E-state index is 0.0108. The molecule has 1 aliphatic rings. The van der Waals surface area contributed by atoms with E-state index < -0.39 is 0 Å². The molecule has 0 radical (unpaired) electrons. The van der Waals surface area contributed by atoms with E-state index in [2.05, 4.69) is 32.2 Å². The van der Waals surface area contributed by atoms with Crippen LogP contribution in [0, 0.1) is 0 Å². The van der Waals surface area contributed by atoms with Crippen LogP contribution in [0.3, 0.4) is 0 Å². The van der Waals surface area contributed by atoms with Crippen molar-refractivity contribution in [2.45, 2.75) is 6.42 Å². The van der Waals surface area contributed by atoms with Crippen molar-refractivity contribution in [3.8, 4) is 5.75 Å². The summed E-state index contributed by atoms with van der Waals surface area (Å²) in [7, 11) is 0. The average molecular weight is 387 g/mol. The molecule has 3 rings (SSSR count). The van der Waals surface area contributed by atoms with E-state index in [1.54, 1.807) is 12.1 Å². The molecule has 0 unspecified atom stereocenters. The van der Waals surface area contributed by atoms with Crippen LogP contribution in [-0.4, -0.2) is 35.5 Å². The fraction of sp³-hybridized carbons (Fsp3) is 0.211. The second-order valence-corrected chi connectivity index (χ2v) is 6.64. The Kier molecular flexibility index (Phi) is 5.33. The molecule has 1 amide bonds. The maximum atomic E-state index is 12.2. The number of nitrogens with one attached hydrogen (secondary N) is 1. The summed E-state index contributed by atoms with van der Waals surface area (Å²) in [5.41, 5.74) is 3.18. The van der Waals surface area contributed by atoms with Gasteiger partial charge in [0.25, 0.3) is 0 Å². The molecule has 24 heavy (non-hydrogen) atoms. The number of benzene rings is 2. The number of para-hydroxylation sites is 1. The number of aromatic hydroxyl groups is 1. The van der Waals surface area contributed by atoms with Crippen LogP contribution < -0.4 is 5.32 Å². The van der Waals surface area contributed by atoms with Gasteiger partial charge >= 0.3 is 0 Å². The minimum Gasteiger partial charge on any atom is -0.508 e. The maximum absolute atomic E-state index is 12.2. The van der Waals surface area contributed by atoms with Gasteiger partial charge in [0.05, 0.1) is 12.2 Å². The molecule has 2 N–H and O–H groups in total. The van der Waals surface area contributed by atoms with Crippen molar-refractivity contribution in [3.63, 3.8) is 0 Å². The van der Waals surface area contributed by atoms with E-state index in [0.717, 1.165) is 35.2 Å². The summed E-state index contributed by atoms with van der Waals surface area (Å²) in [5, 5.41) is 12.3. The molecule has 0 atom stereocenters. The van der Waals surface area contributed by atoms with E-state index in [-0.39, 0.29) is 11.7 Å². The number of phenolic OH excluding ortho intramolecular Hbond substituents is 1. The van der Waals surface area contributed by atoms with Gasteiger partial charge < -0.3 is 10.4 Å². The predicted molar refractivity (Wildman–Crippen MR) is 99.9 cm³/mol. The third kappa shape index (κ3) is 4.24. The van der Waals surface area contributed by atoms with Crippen LogP contribution in [0.4, 0.5) is 5.69 Å². The summed E-state index contributed by atoms with van der Waals surface area (Å²) in [5.74, 6) is 0.268. The van der Waals surface area contributed by atoms with Crippen LogP contribution in [0.5, 0.6) is 5.75 Å². The second kappa shape index (κ2) is 7.64. The van der Waals surface area contributed by atoms with Gasteiger partial charge in [-0.3, -0.25) is 9.69 Å². The van der Waals surface area contributed by atoms with E-state index in [1.807, 2.05) is 36.4 Å².